The van der Waals surface area contributed by atoms with Crippen molar-refractivity contribution in [3.8, 4) is 5.75 Å². The number of aryl methyl sites for hydroxylation is 1. The molecule has 0 aromatic heterocycles. The number of carbonyl (C=O) groups is 2. The number of carboxylic acid groups (broad SMARTS) is 1. The number of ketones is 1. The Hall–Kier alpha value is -2.04. The number of amides is 1. The van der Waals surface area contributed by atoms with Gasteiger partial charge in [-0.2, -0.15) is 0 Å². The molecule has 5 heteroatoms. The van der Waals surface area contributed by atoms with Crippen molar-refractivity contribution in [1.29, 1.82) is 0 Å². The van der Waals surface area contributed by atoms with E-state index in [2.05, 4.69) is 0 Å². The first kappa shape index (κ1) is 14.4. The van der Waals surface area contributed by atoms with Crippen LogP contribution in [0.2, 0.25) is 0 Å². The normalized spacial score (nSPS) is 16.0. The minimum atomic E-state index is -0.906. The van der Waals surface area contributed by atoms with E-state index in [1.165, 1.54) is 4.90 Å². The molecule has 0 bridgehead atoms. The van der Waals surface area contributed by atoms with Crippen molar-refractivity contribution >= 4 is 11.9 Å². The molecular formula is C15H19NO4. The number of rotatable bonds is 3. The van der Waals surface area contributed by atoms with E-state index in [-0.39, 0.29) is 11.7 Å². The molecule has 0 radical (unpaired) electrons. The quantitative estimate of drug-likeness (QED) is 0.862. The first-order chi connectivity index (χ1) is 9.52. The Morgan fingerprint density at radius 2 is 1.95 bits per heavy atom. The zero-order chi connectivity index (χ0) is 14.7. The van der Waals surface area contributed by atoms with Crippen LogP contribution < -0.4 is 4.74 Å². The van der Waals surface area contributed by atoms with Gasteiger partial charge in [0.1, 0.15) is 5.75 Å². The van der Waals surface area contributed by atoms with Crippen LogP contribution in [0, 0.1) is 12.8 Å². The van der Waals surface area contributed by atoms with Gasteiger partial charge >= 0.3 is 6.09 Å². The lowest BCUT2D eigenvalue weighted by Crippen LogP contribution is -2.39. The second-order valence-corrected chi connectivity index (χ2v) is 5.09. The number of nitrogens with zero attached hydrogens (tertiary/aromatic N) is 1. The summed E-state index contributed by atoms with van der Waals surface area (Å²) in [6, 6.07) is 5.41. The van der Waals surface area contributed by atoms with Gasteiger partial charge in [0.15, 0.2) is 5.78 Å². The smallest absolute Gasteiger partial charge is 0.407 e. The summed E-state index contributed by atoms with van der Waals surface area (Å²) in [5.74, 6) is 0.779. The van der Waals surface area contributed by atoms with Gasteiger partial charge in [-0.3, -0.25) is 4.79 Å². The van der Waals surface area contributed by atoms with Crippen LogP contribution in [0.25, 0.3) is 0 Å². The number of methoxy groups -OCH3 is 1. The Morgan fingerprint density at radius 1 is 1.30 bits per heavy atom. The highest BCUT2D eigenvalue weighted by molar-refractivity contribution is 5.98. The number of hydrogen-bond acceptors (Lipinski definition) is 3. The van der Waals surface area contributed by atoms with Crippen molar-refractivity contribution in [3.63, 3.8) is 0 Å². The fraction of sp³-hybridized carbons (Fsp3) is 0.467. The Balaban J connectivity index is 2.05. The molecule has 1 fully saturated rings. The molecule has 1 N–H and O–H groups in total. The molecule has 2 rings (SSSR count). The maximum Gasteiger partial charge on any atom is 0.407 e. The first-order valence-corrected chi connectivity index (χ1v) is 6.69. The van der Waals surface area contributed by atoms with Crippen LogP contribution in [-0.2, 0) is 0 Å². The number of Topliss-reactive ketones (excluding diaryl/α,β-unsaturated/α-hetero) is 1. The second kappa shape index (κ2) is 5.94. The summed E-state index contributed by atoms with van der Waals surface area (Å²) >= 11 is 0. The molecule has 1 heterocycles. The lowest BCUT2D eigenvalue weighted by atomic mass is 9.88. The summed E-state index contributed by atoms with van der Waals surface area (Å²) in [6.45, 7) is 2.77. The summed E-state index contributed by atoms with van der Waals surface area (Å²) in [4.78, 5) is 24.6. The Kier molecular flexibility index (Phi) is 4.27. The van der Waals surface area contributed by atoms with Crippen molar-refractivity contribution in [2.75, 3.05) is 20.2 Å². The van der Waals surface area contributed by atoms with Crippen molar-refractivity contribution in [3.05, 3.63) is 29.3 Å². The van der Waals surface area contributed by atoms with Crippen molar-refractivity contribution in [1.82, 2.24) is 4.90 Å². The molecule has 0 saturated carbocycles. The molecule has 108 valence electrons. The van der Waals surface area contributed by atoms with E-state index < -0.39 is 6.09 Å². The molecule has 0 aliphatic carbocycles. The van der Waals surface area contributed by atoms with E-state index in [1.54, 1.807) is 19.2 Å². The lowest BCUT2D eigenvalue weighted by Gasteiger charge is -2.29. The number of likely N-dealkylation sites (tertiary alicyclic amines) is 1. The highest BCUT2D eigenvalue weighted by atomic mass is 16.5. The van der Waals surface area contributed by atoms with Gasteiger partial charge in [-0.1, -0.05) is 0 Å². The summed E-state index contributed by atoms with van der Waals surface area (Å²) < 4.78 is 5.18. The van der Waals surface area contributed by atoms with E-state index in [1.807, 2.05) is 13.0 Å². The van der Waals surface area contributed by atoms with Gasteiger partial charge in [0, 0.05) is 24.6 Å². The molecule has 1 aromatic rings. The molecule has 1 saturated heterocycles. The third kappa shape index (κ3) is 2.92. The molecule has 1 aliphatic rings. The van der Waals surface area contributed by atoms with Crippen molar-refractivity contribution < 1.29 is 19.4 Å². The van der Waals surface area contributed by atoms with E-state index in [0.717, 1.165) is 11.3 Å². The molecule has 0 spiro atoms. The van der Waals surface area contributed by atoms with Crippen LogP contribution in [0.4, 0.5) is 4.79 Å². The number of carbonyl (C=O) groups excluding carboxylic acids is 1. The fourth-order valence-electron chi connectivity index (χ4n) is 2.60. The molecule has 5 nitrogen and oxygen atoms in total. The molecule has 1 amide bonds. The maximum atomic E-state index is 12.4. The first-order valence-electron chi connectivity index (χ1n) is 6.69. The van der Waals surface area contributed by atoms with Gasteiger partial charge < -0.3 is 14.7 Å². The fourth-order valence-corrected chi connectivity index (χ4v) is 2.60. The van der Waals surface area contributed by atoms with E-state index in [4.69, 9.17) is 9.84 Å². The third-order valence-electron chi connectivity index (χ3n) is 3.82. The average molecular weight is 277 g/mol. The summed E-state index contributed by atoms with van der Waals surface area (Å²) in [5.41, 5.74) is 1.61. The third-order valence-corrected chi connectivity index (χ3v) is 3.82. The Labute approximate surface area is 118 Å². The van der Waals surface area contributed by atoms with E-state index in [0.29, 0.717) is 31.5 Å². The number of hydrogen-bond donors (Lipinski definition) is 1. The number of ether oxygens (including phenoxy) is 1. The van der Waals surface area contributed by atoms with Crippen LogP contribution in [0.3, 0.4) is 0 Å². The Bertz CT molecular complexity index is 519. The number of piperidine rings is 1. The van der Waals surface area contributed by atoms with Crippen LogP contribution in [0.15, 0.2) is 18.2 Å². The second-order valence-electron chi connectivity index (χ2n) is 5.09. The molecule has 0 atom stereocenters. The zero-order valence-electron chi connectivity index (χ0n) is 11.8. The number of benzene rings is 1. The summed E-state index contributed by atoms with van der Waals surface area (Å²) in [6.07, 6.45) is 0.281. The van der Waals surface area contributed by atoms with E-state index in [9.17, 15) is 9.59 Å². The topological polar surface area (TPSA) is 66.8 Å². The molecule has 0 unspecified atom stereocenters. The van der Waals surface area contributed by atoms with Crippen molar-refractivity contribution in [2.24, 2.45) is 5.92 Å². The molecular weight excluding hydrogens is 258 g/mol. The van der Waals surface area contributed by atoms with Gasteiger partial charge in [-0.25, -0.2) is 4.79 Å². The molecule has 1 aromatic carbocycles. The van der Waals surface area contributed by atoms with Gasteiger partial charge in [0.05, 0.1) is 7.11 Å². The monoisotopic (exact) mass is 277 g/mol. The maximum absolute atomic E-state index is 12.4. The predicted octanol–water partition coefficient (Wildman–Crippen LogP) is 2.58. The van der Waals surface area contributed by atoms with Crippen molar-refractivity contribution in [2.45, 2.75) is 19.8 Å². The minimum Gasteiger partial charge on any atom is -0.496 e. The minimum absolute atomic E-state index is 0.0848. The van der Waals surface area contributed by atoms with Crippen LogP contribution in [0.5, 0.6) is 5.75 Å². The largest absolute Gasteiger partial charge is 0.496 e. The highest BCUT2D eigenvalue weighted by Crippen LogP contribution is 2.25. The van der Waals surface area contributed by atoms with Gasteiger partial charge in [0.25, 0.3) is 0 Å². The van der Waals surface area contributed by atoms with Gasteiger partial charge in [0.2, 0.25) is 0 Å². The van der Waals surface area contributed by atoms with Crippen LogP contribution >= 0.6 is 0 Å². The van der Waals surface area contributed by atoms with Crippen LogP contribution in [-0.4, -0.2) is 42.1 Å². The Morgan fingerprint density at radius 3 is 2.45 bits per heavy atom. The predicted molar refractivity (Wildman–Crippen MR) is 74.4 cm³/mol. The highest BCUT2D eigenvalue weighted by Gasteiger charge is 2.27. The van der Waals surface area contributed by atoms with Gasteiger partial charge in [-0.15, -0.1) is 0 Å². The zero-order valence-corrected chi connectivity index (χ0v) is 11.8. The van der Waals surface area contributed by atoms with E-state index >= 15 is 0 Å². The van der Waals surface area contributed by atoms with Crippen LogP contribution in [0.1, 0.15) is 28.8 Å². The average Bonchev–Trinajstić information content (AvgIpc) is 2.46. The molecule has 1 aliphatic heterocycles. The lowest BCUT2D eigenvalue weighted by molar-refractivity contribution is 0.0821. The summed E-state index contributed by atoms with van der Waals surface area (Å²) in [7, 11) is 1.60. The van der Waals surface area contributed by atoms with Gasteiger partial charge in [-0.05, 0) is 43.5 Å². The SMILES string of the molecule is COc1ccc(C(=O)C2CCN(C(=O)O)CC2)cc1C. The summed E-state index contributed by atoms with van der Waals surface area (Å²) in [5, 5.41) is 8.90. The molecule has 20 heavy (non-hydrogen) atoms. The standard InChI is InChI=1S/C15H19NO4/c1-10-9-12(3-4-13(10)20-2)14(17)11-5-7-16(8-6-11)15(18)19/h3-4,9,11H,5-8H2,1-2H3,(H,18,19).